The van der Waals surface area contributed by atoms with Crippen LogP contribution in [0.15, 0.2) is 43.1 Å². The lowest BCUT2D eigenvalue weighted by Gasteiger charge is -2.32. The minimum absolute atomic E-state index is 0.0585. The number of hydrogen-bond donors (Lipinski definition) is 1. The molecule has 0 atom stereocenters. The van der Waals surface area contributed by atoms with Gasteiger partial charge in [0, 0.05) is 44.1 Å². The van der Waals surface area contributed by atoms with E-state index in [1.54, 1.807) is 0 Å². The number of aromatic carboxylic acids is 1. The fourth-order valence-corrected chi connectivity index (χ4v) is 4.59. The molecular formula is C25H24F2N6O2. The van der Waals surface area contributed by atoms with E-state index in [4.69, 9.17) is 5.11 Å². The molecule has 8 nitrogen and oxygen atoms in total. The number of hydrogen-bond acceptors (Lipinski definition) is 6. The van der Waals surface area contributed by atoms with E-state index in [-0.39, 0.29) is 12.5 Å². The molecule has 0 aliphatic carbocycles. The Morgan fingerprint density at radius 2 is 1.80 bits per heavy atom. The van der Waals surface area contributed by atoms with Gasteiger partial charge in [0.15, 0.2) is 5.82 Å². The van der Waals surface area contributed by atoms with Crippen molar-refractivity contribution in [2.24, 2.45) is 0 Å². The van der Waals surface area contributed by atoms with Crippen molar-refractivity contribution in [2.75, 3.05) is 18.0 Å². The minimum Gasteiger partial charge on any atom is -0.478 e. The Morgan fingerprint density at radius 1 is 1.06 bits per heavy atom. The lowest BCUT2D eigenvalue weighted by molar-refractivity contribution is 0.0692. The molecule has 10 heteroatoms. The van der Waals surface area contributed by atoms with Crippen LogP contribution in [-0.2, 0) is 12.8 Å². The summed E-state index contributed by atoms with van der Waals surface area (Å²) in [4.78, 5) is 30.7. The topological polar surface area (TPSA) is 97.0 Å². The van der Waals surface area contributed by atoms with Gasteiger partial charge in [-0.2, -0.15) is 0 Å². The number of carboxylic acid groups (broad SMARTS) is 1. The molecule has 1 N–H and O–H groups in total. The van der Waals surface area contributed by atoms with Gasteiger partial charge in [0.2, 0.25) is 5.95 Å². The molecule has 0 radical (unpaired) electrons. The maximum absolute atomic E-state index is 15.1. The Hall–Kier alpha value is -3.95. The quantitative estimate of drug-likeness (QED) is 0.444. The lowest BCUT2D eigenvalue weighted by Crippen LogP contribution is -2.35. The molecule has 0 bridgehead atoms. The molecular weight excluding hydrogens is 454 g/mol. The summed E-state index contributed by atoms with van der Waals surface area (Å²) in [7, 11) is 0. The summed E-state index contributed by atoms with van der Waals surface area (Å²) in [6, 6.07) is 3.93. The second kappa shape index (κ2) is 9.36. The highest BCUT2D eigenvalue weighted by molar-refractivity contribution is 5.88. The molecule has 180 valence electrons. The molecule has 1 aromatic carbocycles. The summed E-state index contributed by atoms with van der Waals surface area (Å²) < 4.78 is 31.1. The number of piperidine rings is 1. The first kappa shape index (κ1) is 22.8. The van der Waals surface area contributed by atoms with Gasteiger partial charge in [0.05, 0.1) is 16.6 Å². The molecule has 1 aliphatic rings. The number of aryl methyl sites for hydroxylation is 1. The van der Waals surface area contributed by atoms with E-state index < -0.39 is 23.2 Å². The van der Waals surface area contributed by atoms with Gasteiger partial charge in [-0.15, -0.1) is 0 Å². The largest absolute Gasteiger partial charge is 0.478 e. The van der Waals surface area contributed by atoms with Crippen molar-refractivity contribution in [3.63, 3.8) is 0 Å². The van der Waals surface area contributed by atoms with Crippen molar-refractivity contribution in [3.8, 4) is 0 Å². The van der Waals surface area contributed by atoms with Crippen LogP contribution in [0.2, 0.25) is 0 Å². The Bertz CT molecular complexity index is 1380. The first-order chi connectivity index (χ1) is 16.9. The van der Waals surface area contributed by atoms with Crippen LogP contribution in [0.3, 0.4) is 0 Å². The number of anilines is 1. The Morgan fingerprint density at radius 3 is 2.46 bits per heavy atom. The van der Waals surface area contributed by atoms with Crippen LogP contribution in [0.1, 0.15) is 53.0 Å². The second-order valence-electron chi connectivity index (χ2n) is 8.66. The summed E-state index contributed by atoms with van der Waals surface area (Å²) in [5, 5.41) is 9.33. The number of halogens is 2. The number of fused-ring (bicyclic) bond motifs is 1. The molecule has 0 amide bonds. The SMILES string of the molecule is CCc1cnc(N2CCC(n3cc(F)c4c(Cc5ccc(C(=O)O)c(F)c5)ncnc43)CC2)nc1. The number of nitrogens with zero attached hydrogens (tertiary/aromatic N) is 6. The molecule has 1 fully saturated rings. The molecule has 0 spiro atoms. The van der Waals surface area contributed by atoms with Gasteiger partial charge in [-0.1, -0.05) is 13.0 Å². The predicted molar refractivity (Wildman–Crippen MR) is 126 cm³/mol. The molecule has 3 aromatic heterocycles. The number of carbonyl (C=O) groups is 1. The maximum Gasteiger partial charge on any atom is 0.338 e. The number of benzene rings is 1. The summed E-state index contributed by atoms with van der Waals surface area (Å²) in [5.41, 5.74) is 2.11. The van der Waals surface area contributed by atoms with Crippen LogP contribution < -0.4 is 4.90 Å². The highest BCUT2D eigenvalue weighted by Gasteiger charge is 2.26. The molecule has 35 heavy (non-hydrogen) atoms. The maximum atomic E-state index is 15.1. The average molecular weight is 479 g/mol. The van der Waals surface area contributed by atoms with E-state index in [9.17, 15) is 9.18 Å². The smallest absolute Gasteiger partial charge is 0.338 e. The molecule has 0 saturated carbocycles. The molecule has 0 unspecified atom stereocenters. The minimum atomic E-state index is -1.34. The van der Waals surface area contributed by atoms with E-state index in [0.717, 1.165) is 44.0 Å². The van der Waals surface area contributed by atoms with Crippen molar-refractivity contribution >= 4 is 23.0 Å². The van der Waals surface area contributed by atoms with Gasteiger partial charge in [-0.3, -0.25) is 0 Å². The van der Waals surface area contributed by atoms with Gasteiger partial charge < -0.3 is 14.6 Å². The first-order valence-electron chi connectivity index (χ1n) is 11.5. The van der Waals surface area contributed by atoms with Crippen molar-refractivity contribution in [1.29, 1.82) is 0 Å². The highest BCUT2D eigenvalue weighted by atomic mass is 19.1. The van der Waals surface area contributed by atoms with E-state index in [1.165, 1.54) is 24.7 Å². The fourth-order valence-electron chi connectivity index (χ4n) is 4.59. The lowest BCUT2D eigenvalue weighted by atomic mass is 10.0. The number of carboxylic acids is 1. The molecule has 5 rings (SSSR count). The van der Waals surface area contributed by atoms with Crippen LogP contribution in [0, 0.1) is 11.6 Å². The third-order valence-electron chi connectivity index (χ3n) is 6.52. The van der Waals surface area contributed by atoms with Gasteiger partial charge in [0.1, 0.15) is 17.8 Å². The Kier molecular flexibility index (Phi) is 6.10. The third kappa shape index (κ3) is 4.43. The van der Waals surface area contributed by atoms with Gasteiger partial charge in [-0.25, -0.2) is 33.5 Å². The van der Waals surface area contributed by atoms with Crippen molar-refractivity contribution in [3.05, 3.63) is 77.1 Å². The van der Waals surface area contributed by atoms with Crippen LogP contribution in [0.4, 0.5) is 14.7 Å². The summed E-state index contributed by atoms with van der Waals surface area (Å²) in [5.74, 6) is -1.90. The van der Waals surface area contributed by atoms with Crippen molar-refractivity contribution in [1.82, 2.24) is 24.5 Å². The standard InChI is InChI=1S/C25H24F2N6O2/c1-2-15-11-28-25(29-12-15)32-7-5-17(6-8-32)33-13-20(27)22-21(30-14-31-23(22)33)10-16-3-4-18(24(34)35)19(26)9-16/h3-4,9,11-14,17H,2,5-8,10H2,1H3,(H,34,35). The van der Waals surface area contributed by atoms with Crippen LogP contribution in [0.5, 0.6) is 0 Å². The Balaban J connectivity index is 1.37. The highest BCUT2D eigenvalue weighted by Crippen LogP contribution is 2.31. The zero-order chi connectivity index (χ0) is 24.5. The van der Waals surface area contributed by atoms with Gasteiger partial charge in [-0.05, 0) is 42.5 Å². The monoisotopic (exact) mass is 478 g/mol. The van der Waals surface area contributed by atoms with Gasteiger partial charge >= 0.3 is 5.97 Å². The summed E-state index contributed by atoms with van der Waals surface area (Å²) >= 11 is 0. The third-order valence-corrected chi connectivity index (χ3v) is 6.52. The number of rotatable bonds is 6. The molecule has 4 heterocycles. The van der Waals surface area contributed by atoms with Gasteiger partial charge in [0.25, 0.3) is 0 Å². The average Bonchev–Trinajstić information content (AvgIpc) is 3.21. The van der Waals surface area contributed by atoms with E-state index in [0.29, 0.717) is 28.2 Å². The van der Waals surface area contributed by atoms with E-state index in [1.807, 2.05) is 17.0 Å². The molecule has 4 aromatic rings. The van der Waals surface area contributed by atoms with Crippen molar-refractivity contribution in [2.45, 2.75) is 38.6 Å². The molecule has 1 saturated heterocycles. The number of aromatic nitrogens is 5. The molecule has 1 aliphatic heterocycles. The van der Waals surface area contributed by atoms with E-state index in [2.05, 4.69) is 31.8 Å². The van der Waals surface area contributed by atoms with Crippen LogP contribution in [-0.4, -0.2) is 48.7 Å². The van der Waals surface area contributed by atoms with Crippen LogP contribution >= 0.6 is 0 Å². The fraction of sp³-hybridized carbons (Fsp3) is 0.320. The second-order valence-corrected chi connectivity index (χ2v) is 8.66. The predicted octanol–water partition coefficient (Wildman–Crippen LogP) is 4.19. The zero-order valence-corrected chi connectivity index (χ0v) is 19.2. The summed E-state index contributed by atoms with van der Waals surface area (Å²) in [6.07, 6.45) is 9.15. The summed E-state index contributed by atoms with van der Waals surface area (Å²) in [6.45, 7) is 3.54. The normalized spacial score (nSPS) is 14.5. The van der Waals surface area contributed by atoms with Crippen molar-refractivity contribution < 1.29 is 18.7 Å². The van der Waals surface area contributed by atoms with Crippen LogP contribution in [0.25, 0.3) is 11.0 Å². The zero-order valence-electron chi connectivity index (χ0n) is 19.2. The first-order valence-corrected chi connectivity index (χ1v) is 11.5. The Labute approximate surface area is 200 Å². The van der Waals surface area contributed by atoms with E-state index >= 15 is 4.39 Å².